The third kappa shape index (κ3) is 3.55. The average Bonchev–Trinajstić information content (AvgIpc) is 2.38. The Hall–Kier alpha value is -1.91. The topological polar surface area (TPSA) is 72.2 Å². The van der Waals surface area contributed by atoms with E-state index in [4.69, 9.17) is 0 Å². The third-order valence-electron chi connectivity index (χ3n) is 2.74. The van der Waals surface area contributed by atoms with E-state index in [2.05, 4.69) is 5.32 Å². The average molecular weight is 250 g/mol. The minimum Gasteiger partial charge on any atom is -0.352 e. The zero-order valence-corrected chi connectivity index (χ0v) is 10.7. The fourth-order valence-corrected chi connectivity index (χ4v) is 1.65. The molecule has 5 nitrogen and oxygen atoms in total. The number of nitro groups is 1. The van der Waals surface area contributed by atoms with Crippen LogP contribution in [0, 0.1) is 10.1 Å². The lowest BCUT2D eigenvalue weighted by molar-refractivity contribution is -0.385. The summed E-state index contributed by atoms with van der Waals surface area (Å²) in [6.07, 6.45) is 2.48. The summed E-state index contributed by atoms with van der Waals surface area (Å²) in [6, 6.07) is 4.63. The summed E-state index contributed by atoms with van der Waals surface area (Å²) >= 11 is 0. The molecule has 0 bridgehead atoms. The molecule has 1 rings (SSSR count). The van der Waals surface area contributed by atoms with Crippen LogP contribution >= 0.6 is 0 Å². The fraction of sp³-hybridized carbons (Fsp3) is 0.462. The van der Waals surface area contributed by atoms with Gasteiger partial charge in [-0.25, -0.2) is 0 Å². The number of amides is 1. The largest absolute Gasteiger partial charge is 0.352 e. The van der Waals surface area contributed by atoms with Gasteiger partial charge in [0.1, 0.15) is 0 Å². The van der Waals surface area contributed by atoms with Crippen LogP contribution in [0.2, 0.25) is 0 Å². The number of rotatable bonds is 6. The van der Waals surface area contributed by atoms with Gasteiger partial charge >= 0.3 is 0 Å². The van der Waals surface area contributed by atoms with Crippen molar-refractivity contribution in [3.8, 4) is 0 Å². The first-order valence-electron chi connectivity index (χ1n) is 6.15. The number of carbonyl (C=O) groups is 1. The van der Waals surface area contributed by atoms with E-state index in [1.807, 2.05) is 13.8 Å². The molecule has 0 saturated carbocycles. The summed E-state index contributed by atoms with van der Waals surface area (Å²) < 4.78 is 0. The van der Waals surface area contributed by atoms with E-state index >= 15 is 0 Å². The summed E-state index contributed by atoms with van der Waals surface area (Å²) in [4.78, 5) is 22.2. The molecule has 18 heavy (non-hydrogen) atoms. The van der Waals surface area contributed by atoms with Crippen molar-refractivity contribution in [3.05, 3.63) is 39.4 Å². The smallest absolute Gasteiger partial charge is 0.273 e. The van der Waals surface area contributed by atoms with Gasteiger partial charge in [-0.2, -0.15) is 0 Å². The molecule has 5 heteroatoms. The van der Waals surface area contributed by atoms with E-state index in [-0.39, 0.29) is 11.6 Å². The summed E-state index contributed by atoms with van der Waals surface area (Å²) in [5.41, 5.74) is 1.00. The lowest BCUT2D eigenvalue weighted by Crippen LogP contribution is -2.24. The van der Waals surface area contributed by atoms with Crippen molar-refractivity contribution in [2.45, 2.75) is 33.1 Å². The Kier molecular flexibility index (Phi) is 5.30. The van der Waals surface area contributed by atoms with Gasteiger partial charge in [0.25, 0.3) is 11.6 Å². The molecule has 0 atom stereocenters. The van der Waals surface area contributed by atoms with Crippen molar-refractivity contribution >= 4 is 11.6 Å². The number of aryl methyl sites for hydroxylation is 1. The molecule has 0 radical (unpaired) electrons. The number of nitro benzene ring substituents is 1. The Balaban J connectivity index is 2.87. The highest BCUT2D eigenvalue weighted by atomic mass is 16.6. The standard InChI is InChI=1S/C13H18N2O3/c1-3-5-8-14-13(16)11-7-6-10(4-2)12(9-11)15(17)18/h6-7,9H,3-5,8H2,1-2H3,(H,14,16). The van der Waals surface area contributed by atoms with Crippen molar-refractivity contribution in [1.82, 2.24) is 5.32 Å². The van der Waals surface area contributed by atoms with Crippen molar-refractivity contribution in [2.75, 3.05) is 6.54 Å². The minimum absolute atomic E-state index is 0.0145. The van der Waals surface area contributed by atoms with E-state index < -0.39 is 4.92 Å². The minimum atomic E-state index is -0.443. The van der Waals surface area contributed by atoms with Gasteiger partial charge in [-0.1, -0.05) is 26.3 Å². The molecule has 1 amide bonds. The Morgan fingerprint density at radius 2 is 2.11 bits per heavy atom. The molecule has 0 spiro atoms. The van der Waals surface area contributed by atoms with Crippen LogP contribution in [0.15, 0.2) is 18.2 Å². The van der Waals surface area contributed by atoms with Gasteiger partial charge in [0.15, 0.2) is 0 Å². The molecule has 1 aromatic rings. The number of hydrogen-bond donors (Lipinski definition) is 1. The molecule has 98 valence electrons. The second-order valence-corrected chi connectivity index (χ2v) is 4.06. The number of carbonyl (C=O) groups excluding carboxylic acids is 1. The van der Waals surface area contributed by atoms with Gasteiger partial charge in [-0.15, -0.1) is 0 Å². The first-order valence-corrected chi connectivity index (χ1v) is 6.15. The molecule has 0 unspecified atom stereocenters. The van der Waals surface area contributed by atoms with Gasteiger partial charge in [-0.05, 0) is 18.9 Å². The Morgan fingerprint density at radius 3 is 2.67 bits per heavy atom. The van der Waals surface area contributed by atoms with Crippen LogP contribution in [-0.4, -0.2) is 17.4 Å². The number of unbranched alkanes of at least 4 members (excludes halogenated alkanes) is 1. The first-order chi connectivity index (χ1) is 8.60. The summed E-state index contributed by atoms with van der Waals surface area (Å²) in [5, 5.41) is 13.6. The fourth-order valence-electron chi connectivity index (χ4n) is 1.65. The first kappa shape index (κ1) is 14.2. The lowest BCUT2D eigenvalue weighted by atomic mass is 10.1. The molecular formula is C13H18N2O3. The Bertz CT molecular complexity index is 444. The van der Waals surface area contributed by atoms with Crippen LogP contribution in [0.3, 0.4) is 0 Å². The van der Waals surface area contributed by atoms with Crippen molar-refractivity contribution in [2.24, 2.45) is 0 Å². The quantitative estimate of drug-likeness (QED) is 0.479. The van der Waals surface area contributed by atoms with Crippen LogP contribution in [0.1, 0.15) is 42.6 Å². The number of benzene rings is 1. The second-order valence-electron chi connectivity index (χ2n) is 4.06. The van der Waals surface area contributed by atoms with E-state index in [9.17, 15) is 14.9 Å². The van der Waals surface area contributed by atoms with Gasteiger partial charge in [0.2, 0.25) is 0 Å². The zero-order chi connectivity index (χ0) is 13.5. The number of nitrogens with zero attached hydrogens (tertiary/aromatic N) is 1. The predicted octanol–water partition coefficient (Wildman–Crippen LogP) is 2.69. The van der Waals surface area contributed by atoms with Crippen molar-refractivity contribution < 1.29 is 9.72 Å². The van der Waals surface area contributed by atoms with Crippen LogP contribution in [-0.2, 0) is 6.42 Å². The van der Waals surface area contributed by atoms with Gasteiger partial charge in [-0.3, -0.25) is 14.9 Å². The van der Waals surface area contributed by atoms with E-state index in [1.165, 1.54) is 6.07 Å². The molecule has 1 N–H and O–H groups in total. The maximum Gasteiger partial charge on any atom is 0.273 e. The SMILES string of the molecule is CCCCNC(=O)c1ccc(CC)c([N+](=O)[O-])c1. The van der Waals surface area contributed by atoms with Crippen LogP contribution in [0.4, 0.5) is 5.69 Å². The molecule has 0 aromatic heterocycles. The Labute approximate surface area is 106 Å². The maximum atomic E-state index is 11.8. The van der Waals surface area contributed by atoms with Crippen molar-refractivity contribution in [3.63, 3.8) is 0 Å². The maximum absolute atomic E-state index is 11.8. The van der Waals surface area contributed by atoms with Crippen LogP contribution in [0.25, 0.3) is 0 Å². The lowest BCUT2D eigenvalue weighted by Gasteiger charge is -2.06. The second kappa shape index (κ2) is 6.74. The third-order valence-corrected chi connectivity index (χ3v) is 2.74. The normalized spacial score (nSPS) is 10.1. The van der Waals surface area contributed by atoms with E-state index in [0.717, 1.165) is 12.8 Å². The van der Waals surface area contributed by atoms with Crippen molar-refractivity contribution in [1.29, 1.82) is 0 Å². The molecule has 1 aromatic carbocycles. The predicted molar refractivity (Wildman–Crippen MR) is 69.7 cm³/mol. The molecular weight excluding hydrogens is 232 g/mol. The van der Waals surface area contributed by atoms with E-state index in [0.29, 0.717) is 24.1 Å². The number of hydrogen-bond acceptors (Lipinski definition) is 3. The van der Waals surface area contributed by atoms with Crippen LogP contribution < -0.4 is 5.32 Å². The van der Waals surface area contributed by atoms with Gasteiger partial charge in [0.05, 0.1) is 4.92 Å². The molecule has 0 aliphatic carbocycles. The highest BCUT2D eigenvalue weighted by Crippen LogP contribution is 2.20. The monoisotopic (exact) mass is 250 g/mol. The highest BCUT2D eigenvalue weighted by Gasteiger charge is 2.15. The molecule has 0 aliphatic rings. The molecule has 0 heterocycles. The molecule has 0 fully saturated rings. The Morgan fingerprint density at radius 1 is 1.39 bits per heavy atom. The highest BCUT2D eigenvalue weighted by molar-refractivity contribution is 5.94. The van der Waals surface area contributed by atoms with Gasteiger partial charge in [0, 0.05) is 23.7 Å². The number of nitrogens with one attached hydrogen (secondary N) is 1. The molecule has 0 saturated heterocycles. The summed E-state index contributed by atoms with van der Waals surface area (Å²) in [6.45, 7) is 4.48. The van der Waals surface area contributed by atoms with Crippen LogP contribution in [0.5, 0.6) is 0 Å². The van der Waals surface area contributed by atoms with E-state index in [1.54, 1.807) is 12.1 Å². The summed E-state index contributed by atoms with van der Waals surface area (Å²) in [5.74, 6) is -0.255. The molecule has 0 aliphatic heterocycles. The van der Waals surface area contributed by atoms with Gasteiger partial charge < -0.3 is 5.32 Å². The zero-order valence-electron chi connectivity index (χ0n) is 10.7. The summed E-state index contributed by atoms with van der Waals surface area (Å²) in [7, 11) is 0.